The monoisotopic (exact) mass is 472 g/mol. The molecule has 2 heterocycles. The molecule has 4 rings (SSSR count). The van der Waals surface area contributed by atoms with E-state index in [0.29, 0.717) is 27.0 Å². The summed E-state index contributed by atoms with van der Waals surface area (Å²) in [6.45, 7) is -5.57. The number of hydrogen-bond acceptors (Lipinski definition) is 3. The Morgan fingerprint density at radius 2 is 1.70 bits per heavy atom. The van der Waals surface area contributed by atoms with Crippen LogP contribution >= 0.6 is 34.8 Å². The Kier molecular flexibility index (Phi) is 3.62. The SMILES string of the molecule is [2H]C1([2H])N(NC(=O)c2nn(-c3ccc(Cl)cc3Cl)c(-c3ccc(Cl)cc3)c2C)C([2H])([2H])C([2H])([2H])C([2H])([2H])C1([2H])[2H]. The van der Waals surface area contributed by atoms with E-state index < -0.39 is 38.0 Å². The number of amides is 1. The highest BCUT2D eigenvalue weighted by atomic mass is 35.5. The van der Waals surface area contributed by atoms with Gasteiger partial charge >= 0.3 is 0 Å². The largest absolute Gasteiger partial charge is 0.286 e. The number of piperidine rings is 1. The van der Waals surface area contributed by atoms with Crippen LogP contribution in [0.25, 0.3) is 16.9 Å². The molecule has 0 unspecified atom stereocenters. The van der Waals surface area contributed by atoms with Crippen LogP contribution in [-0.2, 0) is 0 Å². The first kappa shape index (κ1) is 12.1. The summed E-state index contributed by atoms with van der Waals surface area (Å²) in [5, 5.41) is 5.12. The van der Waals surface area contributed by atoms with Gasteiger partial charge in [0.2, 0.25) is 0 Å². The first-order chi connectivity index (χ1) is 18.2. The molecule has 1 amide bonds. The number of halogens is 3. The molecular weight excluding hydrogens is 443 g/mol. The summed E-state index contributed by atoms with van der Waals surface area (Å²) >= 11 is 18.5. The summed E-state index contributed by atoms with van der Waals surface area (Å²) in [6.07, 6.45) is -10.8. The summed E-state index contributed by atoms with van der Waals surface area (Å²) in [7, 11) is 0. The van der Waals surface area contributed by atoms with Gasteiger partial charge in [-0.05, 0) is 50.0 Å². The van der Waals surface area contributed by atoms with Gasteiger partial charge in [-0.3, -0.25) is 10.2 Å². The number of carbonyl (C=O) groups is 1. The maximum absolute atomic E-state index is 13.5. The fourth-order valence-electron chi connectivity index (χ4n) is 2.92. The second-order valence-electron chi connectivity index (χ2n) is 6.21. The maximum Gasteiger partial charge on any atom is 0.286 e. The molecule has 8 heteroatoms. The maximum atomic E-state index is 13.5. The van der Waals surface area contributed by atoms with E-state index in [2.05, 4.69) is 5.10 Å². The van der Waals surface area contributed by atoms with E-state index in [4.69, 9.17) is 48.5 Å². The number of aromatic nitrogens is 2. The van der Waals surface area contributed by atoms with Gasteiger partial charge in [0.25, 0.3) is 5.91 Å². The van der Waals surface area contributed by atoms with E-state index in [1.807, 2.05) is 5.43 Å². The Morgan fingerprint density at radius 1 is 1.03 bits per heavy atom. The molecule has 0 aliphatic carbocycles. The molecule has 0 bridgehead atoms. The standard InChI is InChI=1S/C22H21Cl3N4O/c1-14-20(22(30)27-28-11-3-2-4-12-28)26-29(19-10-9-17(24)13-18(19)25)21(14)15-5-7-16(23)8-6-15/h5-10,13H,2-4,11-12H2,1H3,(H,27,30)/i2D2,3D2,4D2,11D2,12D2. The highest BCUT2D eigenvalue weighted by Crippen LogP contribution is 2.33. The van der Waals surface area contributed by atoms with Crippen LogP contribution in [0.2, 0.25) is 15.1 Å². The predicted molar refractivity (Wildman–Crippen MR) is 122 cm³/mol. The zero-order chi connectivity index (χ0) is 30.2. The van der Waals surface area contributed by atoms with Crippen LogP contribution < -0.4 is 5.43 Å². The van der Waals surface area contributed by atoms with Gasteiger partial charge in [-0.2, -0.15) is 5.10 Å². The number of nitrogens with zero attached hydrogens (tertiary/aromatic N) is 3. The number of benzene rings is 2. The summed E-state index contributed by atoms with van der Waals surface area (Å²) in [6, 6.07) is 11.1. The summed E-state index contributed by atoms with van der Waals surface area (Å²) in [5.41, 5.74) is 3.02. The topological polar surface area (TPSA) is 50.2 Å². The minimum absolute atomic E-state index is 0.167. The lowest BCUT2D eigenvalue weighted by Gasteiger charge is -2.26. The molecule has 2 aromatic carbocycles. The predicted octanol–water partition coefficient (Wildman–Crippen LogP) is 5.94. The van der Waals surface area contributed by atoms with Crippen molar-refractivity contribution in [3.63, 3.8) is 0 Å². The van der Waals surface area contributed by atoms with Gasteiger partial charge in [-0.15, -0.1) is 0 Å². The van der Waals surface area contributed by atoms with Gasteiger partial charge in [-0.1, -0.05) is 53.3 Å². The molecule has 0 spiro atoms. The van der Waals surface area contributed by atoms with Gasteiger partial charge in [0.05, 0.1) is 16.4 Å². The summed E-state index contributed by atoms with van der Waals surface area (Å²) in [4.78, 5) is 13.5. The molecule has 1 aliphatic heterocycles. The molecular formula is C22H21Cl3N4O. The number of rotatable bonds is 4. The molecule has 0 radical (unpaired) electrons. The van der Waals surface area contributed by atoms with Gasteiger partial charge in [0, 0.05) is 47.9 Å². The Hall–Kier alpha value is -2.05. The number of carbonyl (C=O) groups excluding carboxylic acids is 1. The third-order valence-electron chi connectivity index (χ3n) is 4.27. The number of hydrazine groups is 1. The molecule has 1 fully saturated rings. The Bertz CT molecular complexity index is 1460. The van der Waals surface area contributed by atoms with Crippen LogP contribution in [0.1, 0.15) is 48.9 Å². The van der Waals surface area contributed by atoms with Crippen molar-refractivity contribution in [2.45, 2.75) is 26.0 Å². The van der Waals surface area contributed by atoms with Crippen molar-refractivity contribution in [2.75, 3.05) is 13.0 Å². The van der Waals surface area contributed by atoms with E-state index in [1.165, 1.54) is 17.7 Å². The van der Waals surface area contributed by atoms with Crippen molar-refractivity contribution in [1.82, 2.24) is 20.2 Å². The lowest BCUT2D eigenvalue weighted by molar-refractivity contribution is 0.0743. The van der Waals surface area contributed by atoms with Crippen LogP contribution in [0.5, 0.6) is 0 Å². The minimum atomic E-state index is -3.63. The van der Waals surface area contributed by atoms with Crippen molar-refractivity contribution in [3.8, 4) is 16.9 Å². The van der Waals surface area contributed by atoms with E-state index in [1.54, 1.807) is 36.4 Å². The van der Waals surface area contributed by atoms with Crippen LogP contribution in [0.15, 0.2) is 42.5 Å². The van der Waals surface area contributed by atoms with Crippen LogP contribution in [0.3, 0.4) is 0 Å². The number of nitrogens with one attached hydrogen (secondary N) is 1. The van der Waals surface area contributed by atoms with Crippen molar-refractivity contribution < 1.29 is 18.5 Å². The molecule has 0 atom stereocenters. The van der Waals surface area contributed by atoms with Crippen molar-refractivity contribution >= 4 is 40.7 Å². The first-order valence-electron chi connectivity index (χ1n) is 13.6. The Labute approximate surface area is 204 Å². The van der Waals surface area contributed by atoms with E-state index in [9.17, 15) is 4.79 Å². The Morgan fingerprint density at radius 3 is 2.37 bits per heavy atom. The zero-order valence-corrected chi connectivity index (χ0v) is 17.7. The quantitative estimate of drug-likeness (QED) is 0.510. The molecule has 1 aromatic heterocycles. The van der Waals surface area contributed by atoms with E-state index in [-0.39, 0.29) is 21.3 Å². The molecule has 3 aromatic rings. The first-order valence-corrected chi connectivity index (χ1v) is 9.76. The van der Waals surface area contributed by atoms with Crippen LogP contribution in [0, 0.1) is 6.92 Å². The van der Waals surface area contributed by atoms with Gasteiger partial charge in [0.15, 0.2) is 5.69 Å². The lowest BCUT2D eigenvalue weighted by Crippen LogP contribution is -2.45. The average Bonchev–Trinajstić information content (AvgIpc) is 3.18. The zero-order valence-electron chi connectivity index (χ0n) is 25.4. The van der Waals surface area contributed by atoms with Gasteiger partial charge in [0.1, 0.15) is 0 Å². The minimum Gasteiger partial charge on any atom is -0.283 e. The van der Waals surface area contributed by atoms with Crippen LogP contribution in [0.4, 0.5) is 0 Å². The summed E-state index contributed by atoms with van der Waals surface area (Å²) < 4.78 is 82.5. The third-order valence-corrected chi connectivity index (χ3v) is 5.06. The highest BCUT2D eigenvalue weighted by Gasteiger charge is 2.24. The fourth-order valence-corrected chi connectivity index (χ4v) is 3.54. The molecule has 156 valence electrons. The van der Waals surface area contributed by atoms with E-state index >= 15 is 0 Å². The molecule has 30 heavy (non-hydrogen) atoms. The number of hydrogen-bond donors (Lipinski definition) is 1. The Balaban J connectivity index is 1.87. The molecule has 1 N–H and O–H groups in total. The van der Waals surface area contributed by atoms with E-state index in [0.717, 1.165) is 0 Å². The second kappa shape index (κ2) is 8.98. The van der Waals surface area contributed by atoms with Gasteiger partial charge in [-0.25, -0.2) is 9.69 Å². The molecule has 1 saturated heterocycles. The smallest absolute Gasteiger partial charge is 0.283 e. The van der Waals surface area contributed by atoms with Crippen molar-refractivity contribution in [1.29, 1.82) is 0 Å². The fraction of sp³-hybridized carbons (Fsp3) is 0.273. The lowest BCUT2D eigenvalue weighted by atomic mass is 10.1. The van der Waals surface area contributed by atoms with Crippen LogP contribution in [-0.4, -0.2) is 33.7 Å². The highest BCUT2D eigenvalue weighted by molar-refractivity contribution is 6.35. The molecule has 1 aliphatic rings. The third kappa shape index (κ3) is 4.35. The normalized spacial score (nSPS) is 28.0. The van der Waals surface area contributed by atoms with Gasteiger partial charge < -0.3 is 0 Å². The van der Waals surface area contributed by atoms with Crippen molar-refractivity contribution in [2.24, 2.45) is 0 Å². The second-order valence-corrected chi connectivity index (χ2v) is 7.49. The van der Waals surface area contributed by atoms with Crippen molar-refractivity contribution in [3.05, 3.63) is 68.8 Å². The molecule has 5 nitrogen and oxygen atoms in total. The summed E-state index contributed by atoms with van der Waals surface area (Å²) in [5.74, 6) is -1.21. The average molecular weight is 474 g/mol. The molecule has 0 saturated carbocycles.